The Balaban J connectivity index is 2.26. The van der Waals surface area contributed by atoms with E-state index in [0.29, 0.717) is 52.4 Å². The molecule has 4 nitrogen and oxygen atoms in total. The zero-order valence-corrected chi connectivity index (χ0v) is 16.0. The molecule has 1 heterocycles. The van der Waals surface area contributed by atoms with Gasteiger partial charge in [-0.15, -0.1) is 0 Å². The Morgan fingerprint density at radius 1 is 1.11 bits per heavy atom. The first-order valence-electron chi connectivity index (χ1n) is 9.13. The molecule has 0 bridgehead atoms. The van der Waals surface area contributed by atoms with Crippen LogP contribution in [0.5, 0.6) is 11.5 Å². The fraction of sp³-hybridized carbons (Fsp3) is 0.318. The van der Waals surface area contributed by atoms with Gasteiger partial charge in [-0.1, -0.05) is 6.92 Å². The van der Waals surface area contributed by atoms with Crippen LogP contribution in [0.25, 0.3) is 22.3 Å². The average Bonchev–Trinajstić information content (AvgIpc) is 3.00. The van der Waals surface area contributed by atoms with Gasteiger partial charge in [-0.25, -0.2) is 4.39 Å². The van der Waals surface area contributed by atoms with E-state index in [1.54, 1.807) is 31.2 Å². The third kappa shape index (κ3) is 3.82. The van der Waals surface area contributed by atoms with Crippen molar-refractivity contribution in [1.82, 2.24) is 0 Å². The molecule has 0 fully saturated rings. The van der Waals surface area contributed by atoms with E-state index in [2.05, 4.69) is 0 Å². The number of halogens is 1. The van der Waals surface area contributed by atoms with Crippen LogP contribution in [0, 0.1) is 5.82 Å². The summed E-state index contributed by atoms with van der Waals surface area (Å²) in [5.74, 6) is 1.17. The molecule has 3 rings (SSSR count). The molecule has 2 aromatic carbocycles. The molecule has 3 aromatic rings. The summed E-state index contributed by atoms with van der Waals surface area (Å²) in [6.07, 6.45) is 0.284. The van der Waals surface area contributed by atoms with Crippen molar-refractivity contribution in [2.75, 3.05) is 6.61 Å². The zero-order chi connectivity index (χ0) is 19.6. The van der Waals surface area contributed by atoms with Gasteiger partial charge in [0, 0.05) is 23.4 Å². The smallest absolute Gasteiger partial charge is 0.167 e. The van der Waals surface area contributed by atoms with E-state index in [-0.39, 0.29) is 17.7 Å². The van der Waals surface area contributed by atoms with E-state index in [9.17, 15) is 9.18 Å². The number of benzene rings is 2. The number of hydrogen-bond donors (Lipinski definition) is 0. The maximum Gasteiger partial charge on any atom is 0.167 e. The highest BCUT2D eigenvalue weighted by Gasteiger charge is 2.23. The molecule has 0 saturated carbocycles. The van der Waals surface area contributed by atoms with Crippen LogP contribution in [0.3, 0.4) is 0 Å². The third-order valence-corrected chi connectivity index (χ3v) is 4.12. The minimum absolute atomic E-state index is 0.0459. The molecule has 0 radical (unpaired) electrons. The summed E-state index contributed by atoms with van der Waals surface area (Å²) >= 11 is 0. The molecule has 0 aliphatic heterocycles. The first-order valence-corrected chi connectivity index (χ1v) is 9.13. The highest BCUT2D eigenvalue weighted by molar-refractivity contribution is 6.12. The quantitative estimate of drug-likeness (QED) is 0.477. The molecule has 0 N–H and O–H groups in total. The number of rotatable bonds is 7. The molecule has 1 aromatic heterocycles. The SMILES string of the molecule is CCOc1cc2oc(-c3ccc(F)cc3)c(C(=O)CC)c2cc1OC(C)C. The molecule has 0 aliphatic carbocycles. The summed E-state index contributed by atoms with van der Waals surface area (Å²) in [7, 11) is 0. The maximum atomic E-state index is 13.3. The normalized spacial score (nSPS) is 11.2. The van der Waals surface area contributed by atoms with Gasteiger partial charge in [0.15, 0.2) is 17.3 Å². The molecule has 0 spiro atoms. The summed E-state index contributed by atoms with van der Waals surface area (Å²) in [5, 5.41) is 0.667. The van der Waals surface area contributed by atoms with Crippen LogP contribution in [-0.2, 0) is 0 Å². The number of Topliss-reactive ketones (excluding diaryl/α,β-unsaturated/α-hetero) is 1. The molecule has 0 saturated heterocycles. The van der Waals surface area contributed by atoms with Crippen molar-refractivity contribution in [1.29, 1.82) is 0 Å². The highest BCUT2D eigenvalue weighted by Crippen LogP contribution is 2.41. The van der Waals surface area contributed by atoms with Crippen LogP contribution in [-0.4, -0.2) is 18.5 Å². The lowest BCUT2D eigenvalue weighted by Gasteiger charge is -2.14. The summed E-state index contributed by atoms with van der Waals surface area (Å²) in [6.45, 7) is 8.03. The van der Waals surface area contributed by atoms with Gasteiger partial charge in [0.2, 0.25) is 0 Å². The summed E-state index contributed by atoms with van der Waals surface area (Å²) in [4.78, 5) is 12.7. The Morgan fingerprint density at radius 3 is 2.41 bits per heavy atom. The fourth-order valence-corrected chi connectivity index (χ4v) is 2.98. The Hall–Kier alpha value is -2.82. The number of carbonyl (C=O) groups is 1. The standard InChI is InChI=1S/C22H23FO4/c1-5-17(24)21-16-11-20(26-13(3)4)19(25-6-2)12-18(16)27-22(21)14-7-9-15(23)10-8-14/h7-13H,5-6H2,1-4H3. The number of fused-ring (bicyclic) bond motifs is 1. The Kier molecular flexibility index (Phi) is 5.49. The van der Waals surface area contributed by atoms with Gasteiger partial charge in [-0.2, -0.15) is 0 Å². The van der Waals surface area contributed by atoms with Gasteiger partial charge in [-0.05, 0) is 51.1 Å². The lowest BCUT2D eigenvalue weighted by molar-refractivity contribution is 0.0989. The topological polar surface area (TPSA) is 48.7 Å². The third-order valence-electron chi connectivity index (χ3n) is 4.12. The first-order chi connectivity index (χ1) is 12.9. The Morgan fingerprint density at radius 2 is 1.81 bits per heavy atom. The predicted molar refractivity (Wildman–Crippen MR) is 103 cm³/mol. The zero-order valence-electron chi connectivity index (χ0n) is 16.0. The van der Waals surface area contributed by atoms with E-state index >= 15 is 0 Å². The molecular formula is C22H23FO4. The van der Waals surface area contributed by atoms with Crippen molar-refractivity contribution in [3.63, 3.8) is 0 Å². The van der Waals surface area contributed by atoms with Crippen molar-refractivity contribution in [2.24, 2.45) is 0 Å². The van der Waals surface area contributed by atoms with Gasteiger partial charge in [0.25, 0.3) is 0 Å². The number of carbonyl (C=O) groups excluding carboxylic acids is 1. The molecule has 0 atom stereocenters. The number of hydrogen-bond acceptors (Lipinski definition) is 4. The molecule has 0 unspecified atom stereocenters. The van der Waals surface area contributed by atoms with E-state index in [1.165, 1.54) is 12.1 Å². The fourth-order valence-electron chi connectivity index (χ4n) is 2.98. The van der Waals surface area contributed by atoms with E-state index in [0.717, 1.165) is 0 Å². The molecule has 0 aliphatic rings. The van der Waals surface area contributed by atoms with Crippen molar-refractivity contribution in [2.45, 2.75) is 40.2 Å². The predicted octanol–water partition coefficient (Wildman–Crippen LogP) is 6.02. The molecule has 0 amide bonds. The summed E-state index contributed by atoms with van der Waals surface area (Å²) in [5.41, 5.74) is 1.66. The van der Waals surface area contributed by atoms with Gasteiger partial charge in [0.05, 0.1) is 18.3 Å². The number of furan rings is 1. The van der Waals surface area contributed by atoms with Crippen LogP contribution < -0.4 is 9.47 Å². The lowest BCUT2D eigenvalue weighted by Crippen LogP contribution is -2.07. The molecule has 5 heteroatoms. The second kappa shape index (κ2) is 7.82. The van der Waals surface area contributed by atoms with Crippen molar-refractivity contribution in [3.8, 4) is 22.8 Å². The molecule has 142 valence electrons. The first kappa shape index (κ1) is 19.0. The van der Waals surface area contributed by atoms with Crippen molar-refractivity contribution < 1.29 is 23.1 Å². The molecule has 27 heavy (non-hydrogen) atoms. The van der Waals surface area contributed by atoms with Gasteiger partial charge in [0.1, 0.15) is 17.2 Å². The number of ketones is 1. The number of ether oxygens (including phenoxy) is 2. The maximum absolute atomic E-state index is 13.3. The van der Waals surface area contributed by atoms with E-state index in [1.807, 2.05) is 20.8 Å². The van der Waals surface area contributed by atoms with Crippen LogP contribution in [0.15, 0.2) is 40.8 Å². The summed E-state index contributed by atoms with van der Waals surface area (Å²) in [6, 6.07) is 9.45. The second-order valence-corrected chi connectivity index (χ2v) is 6.48. The van der Waals surface area contributed by atoms with Crippen molar-refractivity contribution in [3.05, 3.63) is 47.8 Å². The summed E-state index contributed by atoms with van der Waals surface area (Å²) < 4.78 is 30.9. The van der Waals surface area contributed by atoms with Crippen molar-refractivity contribution >= 4 is 16.8 Å². The molecular weight excluding hydrogens is 347 g/mol. The monoisotopic (exact) mass is 370 g/mol. The Labute approximate surface area is 157 Å². The van der Waals surface area contributed by atoms with Crippen LogP contribution >= 0.6 is 0 Å². The second-order valence-electron chi connectivity index (χ2n) is 6.48. The van der Waals surface area contributed by atoms with Crippen LogP contribution in [0.2, 0.25) is 0 Å². The Bertz CT molecular complexity index is 955. The largest absolute Gasteiger partial charge is 0.490 e. The lowest BCUT2D eigenvalue weighted by atomic mass is 10.0. The van der Waals surface area contributed by atoms with Crippen LogP contribution in [0.4, 0.5) is 4.39 Å². The highest BCUT2D eigenvalue weighted by atomic mass is 19.1. The minimum Gasteiger partial charge on any atom is -0.490 e. The van der Waals surface area contributed by atoms with E-state index in [4.69, 9.17) is 13.9 Å². The van der Waals surface area contributed by atoms with Gasteiger partial charge >= 0.3 is 0 Å². The van der Waals surface area contributed by atoms with Gasteiger partial charge in [-0.3, -0.25) is 4.79 Å². The van der Waals surface area contributed by atoms with Crippen LogP contribution in [0.1, 0.15) is 44.5 Å². The van der Waals surface area contributed by atoms with Gasteiger partial charge < -0.3 is 13.9 Å². The minimum atomic E-state index is -0.343. The average molecular weight is 370 g/mol. The van der Waals surface area contributed by atoms with E-state index < -0.39 is 0 Å².